The van der Waals surface area contributed by atoms with Gasteiger partial charge in [0.15, 0.2) is 0 Å². The molecule has 0 aliphatic rings. The van der Waals surface area contributed by atoms with E-state index in [4.69, 9.17) is 9.47 Å². The number of amides is 1. The quantitative estimate of drug-likeness (QED) is 0.850. The highest BCUT2D eigenvalue weighted by atomic mass is 32.2. The van der Waals surface area contributed by atoms with Crippen LogP contribution in [0.25, 0.3) is 0 Å². The summed E-state index contributed by atoms with van der Waals surface area (Å²) in [5, 5.41) is 2.75. The summed E-state index contributed by atoms with van der Waals surface area (Å²) in [5.74, 6) is 0.606. The Bertz CT molecular complexity index is 863. The van der Waals surface area contributed by atoms with Gasteiger partial charge in [-0.05, 0) is 42.5 Å². The van der Waals surface area contributed by atoms with E-state index in [0.717, 1.165) is 10.6 Å². The molecule has 7 nitrogen and oxygen atoms in total. The molecule has 0 unspecified atom stereocenters. The van der Waals surface area contributed by atoms with Gasteiger partial charge in [-0.1, -0.05) is 0 Å². The average Bonchev–Trinajstić information content (AvgIpc) is 2.60. The smallest absolute Gasteiger partial charge is 0.259 e. The molecular weight excluding hydrogens is 344 g/mol. The Morgan fingerprint density at radius 3 is 2.20 bits per heavy atom. The molecule has 2 rings (SSSR count). The van der Waals surface area contributed by atoms with Gasteiger partial charge in [0.25, 0.3) is 5.91 Å². The van der Waals surface area contributed by atoms with Gasteiger partial charge in [-0.25, -0.2) is 8.42 Å². The zero-order valence-corrected chi connectivity index (χ0v) is 15.3. The Labute approximate surface area is 147 Å². The van der Waals surface area contributed by atoms with E-state index in [1.807, 2.05) is 0 Å². The molecule has 1 amide bonds. The van der Waals surface area contributed by atoms with E-state index in [9.17, 15) is 13.2 Å². The summed E-state index contributed by atoms with van der Waals surface area (Å²) in [6.07, 6.45) is 1.09. The van der Waals surface area contributed by atoms with Gasteiger partial charge >= 0.3 is 0 Å². The van der Waals surface area contributed by atoms with Crippen molar-refractivity contribution in [2.45, 2.75) is 0 Å². The summed E-state index contributed by atoms with van der Waals surface area (Å²) >= 11 is 0. The van der Waals surface area contributed by atoms with E-state index in [1.165, 1.54) is 20.2 Å². The molecule has 25 heavy (non-hydrogen) atoms. The fraction of sp³-hybridized carbons (Fsp3) is 0.235. The van der Waals surface area contributed by atoms with Crippen molar-refractivity contribution >= 4 is 27.3 Å². The normalized spacial score (nSPS) is 10.9. The lowest BCUT2D eigenvalue weighted by atomic mass is 10.1. The highest BCUT2D eigenvalue weighted by Crippen LogP contribution is 2.27. The van der Waals surface area contributed by atoms with Crippen molar-refractivity contribution in [3.8, 4) is 11.5 Å². The third-order valence-corrected chi connectivity index (χ3v) is 4.84. The zero-order chi connectivity index (χ0) is 18.6. The SMILES string of the molecule is COc1ccc(NC(=O)c2cc(N(C)S(C)(=O)=O)ccc2OC)cc1. The molecule has 1 N–H and O–H groups in total. The summed E-state index contributed by atoms with van der Waals surface area (Å²) in [4.78, 5) is 12.6. The van der Waals surface area contributed by atoms with Crippen molar-refractivity contribution in [3.05, 3.63) is 48.0 Å². The topological polar surface area (TPSA) is 84.9 Å². The van der Waals surface area contributed by atoms with Crippen LogP contribution in [0.3, 0.4) is 0 Å². The van der Waals surface area contributed by atoms with Gasteiger partial charge in [0, 0.05) is 12.7 Å². The molecule has 0 atom stereocenters. The number of rotatable bonds is 6. The van der Waals surface area contributed by atoms with Crippen molar-refractivity contribution in [1.82, 2.24) is 0 Å². The summed E-state index contributed by atoms with van der Waals surface area (Å²) < 4.78 is 34.8. The molecule has 0 saturated carbocycles. The number of nitrogens with zero attached hydrogens (tertiary/aromatic N) is 1. The monoisotopic (exact) mass is 364 g/mol. The van der Waals surface area contributed by atoms with Crippen LogP contribution in [0.5, 0.6) is 11.5 Å². The van der Waals surface area contributed by atoms with Crippen LogP contribution in [-0.4, -0.2) is 41.8 Å². The number of benzene rings is 2. The van der Waals surface area contributed by atoms with Gasteiger partial charge < -0.3 is 14.8 Å². The second-order valence-electron chi connectivity index (χ2n) is 5.30. The molecule has 0 aromatic heterocycles. The minimum absolute atomic E-state index is 0.228. The minimum atomic E-state index is -3.44. The van der Waals surface area contributed by atoms with Gasteiger partial charge in [0.1, 0.15) is 11.5 Å². The number of hydrogen-bond acceptors (Lipinski definition) is 5. The number of carbonyl (C=O) groups excluding carboxylic acids is 1. The maximum Gasteiger partial charge on any atom is 0.259 e. The summed E-state index contributed by atoms with van der Waals surface area (Å²) in [7, 11) is 0.983. The van der Waals surface area contributed by atoms with Crippen LogP contribution in [0, 0.1) is 0 Å². The standard InChI is InChI=1S/C17H20N2O5S/c1-19(25(4,21)22)13-7-10-16(24-3)15(11-13)17(20)18-12-5-8-14(23-2)9-6-12/h5-11H,1-4H3,(H,18,20). The van der Waals surface area contributed by atoms with E-state index in [0.29, 0.717) is 22.9 Å². The molecule has 0 bridgehead atoms. The first-order valence-corrected chi connectivity index (χ1v) is 9.18. The predicted octanol–water partition coefficient (Wildman–Crippen LogP) is 2.35. The van der Waals surface area contributed by atoms with Crippen molar-refractivity contribution in [2.75, 3.05) is 37.1 Å². The van der Waals surface area contributed by atoms with E-state index in [1.54, 1.807) is 43.5 Å². The first kappa shape index (κ1) is 18.6. The Kier molecular flexibility index (Phi) is 5.53. The molecule has 0 fully saturated rings. The second kappa shape index (κ2) is 7.43. The van der Waals surface area contributed by atoms with Crippen LogP contribution in [0.4, 0.5) is 11.4 Å². The lowest BCUT2D eigenvalue weighted by Crippen LogP contribution is -2.25. The Morgan fingerprint density at radius 2 is 1.68 bits per heavy atom. The molecule has 0 spiro atoms. The van der Waals surface area contributed by atoms with Crippen LogP contribution in [0.2, 0.25) is 0 Å². The van der Waals surface area contributed by atoms with Gasteiger partial charge in [-0.2, -0.15) is 0 Å². The van der Waals surface area contributed by atoms with Gasteiger partial charge in [0.2, 0.25) is 10.0 Å². The van der Waals surface area contributed by atoms with Crippen LogP contribution >= 0.6 is 0 Å². The molecule has 2 aromatic carbocycles. The average molecular weight is 364 g/mol. The van der Waals surface area contributed by atoms with E-state index in [-0.39, 0.29) is 5.56 Å². The molecule has 0 heterocycles. The number of sulfonamides is 1. The summed E-state index contributed by atoms with van der Waals surface area (Å²) in [6, 6.07) is 11.5. The Hall–Kier alpha value is -2.74. The highest BCUT2D eigenvalue weighted by molar-refractivity contribution is 7.92. The predicted molar refractivity (Wildman–Crippen MR) is 97.2 cm³/mol. The van der Waals surface area contributed by atoms with E-state index in [2.05, 4.69) is 5.32 Å². The number of nitrogens with one attached hydrogen (secondary N) is 1. The lowest BCUT2D eigenvalue weighted by Gasteiger charge is -2.18. The van der Waals surface area contributed by atoms with Crippen LogP contribution < -0.4 is 19.1 Å². The van der Waals surface area contributed by atoms with Crippen LogP contribution in [0.1, 0.15) is 10.4 Å². The molecule has 8 heteroatoms. The summed E-state index contributed by atoms with van der Waals surface area (Å²) in [6.45, 7) is 0. The molecule has 0 radical (unpaired) electrons. The molecular formula is C17H20N2O5S. The van der Waals surface area contributed by atoms with Gasteiger partial charge in [0.05, 0.1) is 31.7 Å². The van der Waals surface area contributed by atoms with Gasteiger partial charge in [-0.15, -0.1) is 0 Å². The maximum atomic E-state index is 12.6. The Morgan fingerprint density at radius 1 is 1.04 bits per heavy atom. The fourth-order valence-corrected chi connectivity index (χ4v) is 2.63. The number of ether oxygens (including phenoxy) is 2. The summed E-state index contributed by atoms with van der Waals surface area (Å²) in [5.41, 5.74) is 1.17. The van der Waals surface area contributed by atoms with Crippen LogP contribution in [0.15, 0.2) is 42.5 Å². The van der Waals surface area contributed by atoms with Crippen LogP contribution in [-0.2, 0) is 10.0 Å². The van der Waals surface area contributed by atoms with Crippen molar-refractivity contribution in [1.29, 1.82) is 0 Å². The molecule has 0 aliphatic heterocycles. The number of methoxy groups -OCH3 is 2. The first-order chi connectivity index (χ1) is 11.8. The molecule has 0 saturated heterocycles. The van der Waals surface area contributed by atoms with E-state index < -0.39 is 15.9 Å². The van der Waals surface area contributed by atoms with Crippen molar-refractivity contribution in [2.24, 2.45) is 0 Å². The largest absolute Gasteiger partial charge is 0.497 e. The zero-order valence-electron chi connectivity index (χ0n) is 14.4. The molecule has 134 valence electrons. The number of hydrogen-bond donors (Lipinski definition) is 1. The number of anilines is 2. The molecule has 0 aliphatic carbocycles. The van der Waals surface area contributed by atoms with Gasteiger partial charge in [-0.3, -0.25) is 9.10 Å². The first-order valence-electron chi connectivity index (χ1n) is 7.33. The maximum absolute atomic E-state index is 12.6. The number of carbonyl (C=O) groups is 1. The lowest BCUT2D eigenvalue weighted by molar-refractivity contribution is 0.102. The second-order valence-corrected chi connectivity index (χ2v) is 7.31. The minimum Gasteiger partial charge on any atom is -0.497 e. The fourth-order valence-electron chi connectivity index (χ4n) is 2.13. The van der Waals surface area contributed by atoms with Crippen molar-refractivity contribution < 1.29 is 22.7 Å². The van der Waals surface area contributed by atoms with E-state index >= 15 is 0 Å². The Balaban J connectivity index is 2.33. The highest BCUT2D eigenvalue weighted by Gasteiger charge is 2.18. The van der Waals surface area contributed by atoms with Crippen molar-refractivity contribution in [3.63, 3.8) is 0 Å². The third kappa shape index (κ3) is 4.42. The molecule has 2 aromatic rings. The third-order valence-electron chi connectivity index (χ3n) is 3.64.